The van der Waals surface area contributed by atoms with E-state index >= 15 is 0 Å². The third-order valence-electron chi connectivity index (χ3n) is 4.25. The van der Waals surface area contributed by atoms with Crippen molar-refractivity contribution in [1.29, 1.82) is 0 Å². The minimum Gasteiger partial charge on any atom is -0.337 e. The van der Waals surface area contributed by atoms with Crippen molar-refractivity contribution in [3.05, 3.63) is 76.3 Å². The summed E-state index contributed by atoms with van der Waals surface area (Å²) in [5.41, 5.74) is 2.35. The van der Waals surface area contributed by atoms with Crippen LogP contribution in [0.4, 0.5) is 0 Å². The second-order valence-corrected chi connectivity index (χ2v) is 6.79. The van der Waals surface area contributed by atoms with Crippen molar-refractivity contribution < 1.29 is 4.79 Å². The Balaban J connectivity index is 1.50. The lowest BCUT2D eigenvalue weighted by Crippen LogP contribution is -2.47. The molecule has 24 heavy (non-hydrogen) atoms. The van der Waals surface area contributed by atoms with Gasteiger partial charge in [-0.05, 0) is 23.3 Å². The number of halogens is 1. The summed E-state index contributed by atoms with van der Waals surface area (Å²) < 4.78 is 1.15. The summed E-state index contributed by atoms with van der Waals surface area (Å²) in [6.07, 6.45) is 3.56. The molecular formula is C20H21BrN2O. The maximum absolute atomic E-state index is 12.3. The molecule has 3 rings (SSSR count). The first kappa shape index (κ1) is 16.9. The molecule has 0 saturated carbocycles. The highest BCUT2D eigenvalue weighted by atomic mass is 79.9. The average Bonchev–Trinajstić information content (AvgIpc) is 2.63. The number of hydrogen-bond donors (Lipinski definition) is 0. The van der Waals surface area contributed by atoms with Gasteiger partial charge in [0.15, 0.2) is 0 Å². The fraction of sp³-hybridized carbons (Fsp3) is 0.250. The predicted molar refractivity (Wildman–Crippen MR) is 101 cm³/mol. The number of benzene rings is 2. The van der Waals surface area contributed by atoms with Gasteiger partial charge in [0.05, 0.1) is 0 Å². The summed E-state index contributed by atoms with van der Waals surface area (Å²) in [5, 5.41) is 0. The molecule has 1 aliphatic rings. The Bertz CT molecular complexity index is 707. The van der Waals surface area contributed by atoms with E-state index in [2.05, 4.69) is 39.0 Å². The molecule has 1 fully saturated rings. The zero-order chi connectivity index (χ0) is 16.8. The average molecular weight is 385 g/mol. The lowest BCUT2D eigenvalue weighted by atomic mass is 10.2. The van der Waals surface area contributed by atoms with Gasteiger partial charge in [0.2, 0.25) is 5.91 Å². The van der Waals surface area contributed by atoms with E-state index in [9.17, 15) is 4.79 Å². The Kier molecular flexibility index (Phi) is 5.83. The molecule has 0 unspecified atom stereocenters. The normalized spacial score (nSPS) is 15.8. The molecule has 3 nitrogen and oxygen atoms in total. The van der Waals surface area contributed by atoms with E-state index in [4.69, 9.17) is 0 Å². The van der Waals surface area contributed by atoms with Crippen molar-refractivity contribution in [2.75, 3.05) is 26.2 Å². The number of carbonyl (C=O) groups excluding carboxylic acids is 1. The fourth-order valence-electron chi connectivity index (χ4n) is 2.83. The summed E-state index contributed by atoms with van der Waals surface area (Å²) in [7, 11) is 0. The Hall–Kier alpha value is -1.91. The highest BCUT2D eigenvalue weighted by Crippen LogP contribution is 2.18. The molecule has 0 aliphatic carbocycles. The summed E-state index contributed by atoms with van der Waals surface area (Å²) >= 11 is 3.60. The first-order valence-corrected chi connectivity index (χ1v) is 8.99. The van der Waals surface area contributed by atoms with Crippen LogP contribution in [0.1, 0.15) is 11.1 Å². The third-order valence-corrected chi connectivity index (χ3v) is 5.03. The molecule has 2 aromatic rings. The number of carbonyl (C=O) groups is 1. The smallest absolute Gasteiger partial charge is 0.246 e. The van der Waals surface area contributed by atoms with Crippen LogP contribution in [0.2, 0.25) is 0 Å². The highest BCUT2D eigenvalue weighted by Gasteiger charge is 2.19. The second kappa shape index (κ2) is 8.27. The van der Waals surface area contributed by atoms with Gasteiger partial charge in [-0.1, -0.05) is 64.5 Å². The van der Waals surface area contributed by atoms with Crippen LogP contribution in [0, 0.1) is 0 Å². The Labute approximate surface area is 151 Å². The van der Waals surface area contributed by atoms with Crippen molar-refractivity contribution >= 4 is 27.9 Å². The molecule has 0 spiro atoms. The first-order valence-electron chi connectivity index (χ1n) is 8.20. The third kappa shape index (κ3) is 4.56. The van der Waals surface area contributed by atoms with Crippen molar-refractivity contribution in [2.45, 2.75) is 6.54 Å². The summed E-state index contributed by atoms with van der Waals surface area (Å²) in [5.74, 6) is 0.0967. The Morgan fingerprint density at radius 2 is 1.62 bits per heavy atom. The Morgan fingerprint density at radius 1 is 0.958 bits per heavy atom. The monoisotopic (exact) mass is 384 g/mol. The number of amides is 1. The highest BCUT2D eigenvalue weighted by molar-refractivity contribution is 9.10. The minimum absolute atomic E-state index is 0.0967. The van der Waals surface area contributed by atoms with Crippen LogP contribution in [0.25, 0.3) is 6.08 Å². The van der Waals surface area contributed by atoms with E-state index < -0.39 is 0 Å². The van der Waals surface area contributed by atoms with Gasteiger partial charge < -0.3 is 4.90 Å². The number of piperazine rings is 1. The van der Waals surface area contributed by atoms with E-state index in [1.54, 1.807) is 6.08 Å². The minimum atomic E-state index is 0.0967. The van der Waals surface area contributed by atoms with Gasteiger partial charge in [-0.3, -0.25) is 9.69 Å². The molecule has 0 N–H and O–H groups in total. The van der Waals surface area contributed by atoms with Crippen molar-refractivity contribution in [3.8, 4) is 0 Å². The van der Waals surface area contributed by atoms with Crippen molar-refractivity contribution in [2.24, 2.45) is 0 Å². The zero-order valence-electron chi connectivity index (χ0n) is 13.6. The van der Waals surface area contributed by atoms with Gasteiger partial charge in [-0.2, -0.15) is 0 Å². The molecule has 0 radical (unpaired) electrons. The lowest BCUT2D eigenvalue weighted by molar-refractivity contribution is -0.127. The van der Waals surface area contributed by atoms with E-state index in [1.807, 2.05) is 47.4 Å². The van der Waals surface area contributed by atoms with Crippen LogP contribution in [0.3, 0.4) is 0 Å². The van der Waals surface area contributed by atoms with Crippen molar-refractivity contribution in [1.82, 2.24) is 9.80 Å². The molecule has 0 bridgehead atoms. The van der Waals surface area contributed by atoms with E-state index in [0.717, 1.165) is 42.8 Å². The molecule has 2 aromatic carbocycles. The van der Waals surface area contributed by atoms with Gasteiger partial charge in [0.1, 0.15) is 0 Å². The topological polar surface area (TPSA) is 23.6 Å². The predicted octanol–water partition coefficient (Wildman–Crippen LogP) is 3.81. The van der Waals surface area contributed by atoms with Crippen LogP contribution < -0.4 is 0 Å². The standard InChI is InChI=1S/C20H21BrN2O/c21-19-9-5-4-8-18(19)16-22-12-14-23(15-13-22)20(24)11-10-17-6-2-1-3-7-17/h1-11H,12-16H2/b11-10+. The molecular weight excluding hydrogens is 364 g/mol. The molecule has 1 amide bonds. The Morgan fingerprint density at radius 3 is 2.33 bits per heavy atom. The van der Waals surface area contributed by atoms with Gasteiger partial charge >= 0.3 is 0 Å². The van der Waals surface area contributed by atoms with E-state index in [-0.39, 0.29) is 5.91 Å². The molecule has 1 aliphatic heterocycles. The summed E-state index contributed by atoms with van der Waals surface area (Å²) in [6, 6.07) is 18.2. The largest absolute Gasteiger partial charge is 0.337 e. The first-order chi connectivity index (χ1) is 11.7. The maximum Gasteiger partial charge on any atom is 0.246 e. The van der Waals surface area contributed by atoms with E-state index in [1.165, 1.54) is 5.56 Å². The van der Waals surface area contributed by atoms with Crippen molar-refractivity contribution in [3.63, 3.8) is 0 Å². The van der Waals surface area contributed by atoms with Crippen LogP contribution in [-0.2, 0) is 11.3 Å². The lowest BCUT2D eigenvalue weighted by Gasteiger charge is -2.34. The number of hydrogen-bond acceptors (Lipinski definition) is 2. The summed E-state index contributed by atoms with van der Waals surface area (Å²) in [4.78, 5) is 16.6. The number of nitrogens with zero attached hydrogens (tertiary/aromatic N) is 2. The molecule has 1 heterocycles. The molecule has 124 valence electrons. The fourth-order valence-corrected chi connectivity index (χ4v) is 3.24. The SMILES string of the molecule is O=C(/C=C/c1ccccc1)N1CCN(Cc2ccccc2Br)CC1. The molecule has 0 aromatic heterocycles. The second-order valence-electron chi connectivity index (χ2n) is 5.94. The van der Waals surface area contributed by atoms with Crippen LogP contribution in [-0.4, -0.2) is 41.9 Å². The molecule has 4 heteroatoms. The quantitative estimate of drug-likeness (QED) is 0.748. The number of rotatable bonds is 4. The van der Waals surface area contributed by atoms with Gasteiger partial charge in [-0.15, -0.1) is 0 Å². The van der Waals surface area contributed by atoms with Crippen LogP contribution >= 0.6 is 15.9 Å². The zero-order valence-corrected chi connectivity index (χ0v) is 15.2. The molecule has 1 saturated heterocycles. The van der Waals surface area contributed by atoms with Crippen LogP contribution in [0.5, 0.6) is 0 Å². The van der Waals surface area contributed by atoms with E-state index in [0.29, 0.717) is 0 Å². The maximum atomic E-state index is 12.3. The van der Waals surface area contributed by atoms with Gasteiger partial charge in [0, 0.05) is 43.3 Å². The van der Waals surface area contributed by atoms with Gasteiger partial charge in [-0.25, -0.2) is 0 Å². The summed E-state index contributed by atoms with van der Waals surface area (Å²) in [6.45, 7) is 4.30. The molecule has 0 atom stereocenters. The van der Waals surface area contributed by atoms with Gasteiger partial charge in [0.25, 0.3) is 0 Å². The van der Waals surface area contributed by atoms with Crippen LogP contribution in [0.15, 0.2) is 65.1 Å².